The lowest BCUT2D eigenvalue weighted by Crippen LogP contribution is -2.16. The van der Waals surface area contributed by atoms with Crippen molar-refractivity contribution in [2.75, 3.05) is 12.4 Å². The fourth-order valence-electron chi connectivity index (χ4n) is 5.25. The van der Waals surface area contributed by atoms with Crippen molar-refractivity contribution >= 4 is 23.7 Å². The summed E-state index contributed by atoms with van der Waals surface area (Å²) >= 11 is 0. The van der Waals surface area contributed by atoms with Crippen LogP contribution in [-0.4, -0.2) is 34.3 Å². The van der Waals surface area contributed by atoms with Crippen LogP contribution >= 0.6 is 0 Å². The molecular weight excluding hydrogens is 510 g/mol. The van der Waals surface area contributed by atoms with Crippen molar-refractivity contribution in [1.29, 1.82) is 0 Å². The Morgan fingerprint density at radius 1 is 1.00 bits per heavy atom. The van der Waals surface area contributed by atoms with Gasteiger partial charge in [0.2, 0.25) is 0 Å². The molecular formula is C32H30F2N4O2. The first-order valence-electron chi connectivity index (χ1n) is 13.4. The minimum absolute atomic E-state index is 0.198. The van der Waals surface area contributed by atoms with Crippen molar-refractivity contribution in [3.8, 4) is 22.5 Å². The number of aromatic nitrogens is 2. The van der Waals surface area contributed by atoms with Gasteiger partial charge in [-0.05, 0) is 79.5 Å². The van der Waals surface area contributed by atoms with Crippen LogP contribution in [0, 0.1) is 17.6 Å². The van der Waals surface area contributed by atoms with Crippen LogP contribution in [0.5, 0.6) is 0 Å². The zero-order valence-corrected chi connectivity index (χ0v) is 22.1. The van der Waals surface area contributed by atoms with Crippen LogP contribution in [0.3, 0.4) is 0 Å². The standard InChI is InChI=1S/C32H30F2N4O2/c1-35-30-15-14-29(26-12-11-25(33)17-27(26)34)38-32(30)37-19-21-4-13-28(36-18-21)24-9-7-23(8-10-24)22-5-2-20(3-6-22)16-31(39)40/h4,7-15,17-20,22,35H,2-3,5-6,16H2,1H3,(H,39,40). The number of nitrogens with zero attached hydrogens (tertiary/aromatic N) is 3. The predicted octanol–water partition coefficient (Wildman–Crippen LogP) is 7.63. The summed E-state index contributed by atoms with van der Waals surface area (Å²) in [4.78, 5) is 24.6. The Bertz CT molecular complexity index is 1510. The van der Waals surface area contributed by atoms with Gasteiger partial charge in [-0.2, -0.15) is 0 Å². The number of carboxylic acids is 1. The Morgan fingerprint density at radius 2 is 1.75 bits per heavy atom. The minimum atomic E-state index is -0.704. The van der Waals surface area contributed by atoms with Gasteiger partial charge < -0.3 is 10.4 Å². The molecule has 0 radical (unpaired) electrons. The molecule has 2 aromatic heterocycles. The van der Waals surface area contributed by atoms with Gasteiger partial charge in [0.05, 0.1) is 17.1 Å². The first-order chi connectivity index (χ1) is 19.4. The maximum atomic E-state index is 14.3. The van der Waals surface area contributed by atoms with Gasteiger partial charge in [-0.25, -0.2) is 18.8 Å². The second-order valence-corrected chi connectivity index (χ2v) is 10.1. The topological polar surface area (TPSA) is 87.5 Å². The molecule has 1 fully saturated rings. The molecule has 4 aromatic rings. The van der Waals surface area contributed by atoms with Crippen LogP contribution in [0.1, 0.15) is 49.1 Å². The third-order valence-electron chi connectivity index (χ3n) is 7.46. The molecule has 0 spiro atoms. The van der Waals surface area contributed by atoms with E-state index in [4.69, 9.17) is 5.11 Å². The number of aliphatic carboxylic acids is 1. The van der Waals surface area contributed by atoms with Crippen molar-refractivity contribution in [3.63, 3.8) is 0 Å². The molecule has 5 rings (SSSR count). The number of carbonyl (C=O) groups is 1. The summed E-state index contributed by atoms with van der Waals surface area (Å²) < 4.78 is 27.6. The van der Waals surface area contributed by atoms with E-state index in [-0.39, 0.29) is 12.0 Å². The molecule has 0 saturated heterocycles. The number of hydrogen-bond acceptors (Lipinski definition) is 5. The Morgan fingerprint density at radius 3 is 2.40 bits per heavy atom. The highest BCUT2D eigenvalue weighted by molar-refractivity contribution is 5.84. The molecule has 0 aliphatic heterocycles. The van der Waals surface area contributed by atoms with Crippen molar-refractivity contribution in [3.05, 3.63) is 95.7 Å². The van der Waals surface area contributed by atoms with Gasteiger partial charge in [-0.1, -0.05) is 24.3 Å². The first-order valence-corrected chi connectivity index (χ1v) is 13.4. The largest absolute Gasteiger partial charge is 0.481 e. The smallest absolute Gasteiger partial charge is 0.303 e. The molecule has 8 heteroatoms. The number of aliphatic imine (C=N–C) groups is 1. The highest BCUT2D eigenvalue weighted by Gasteiger charge is 2.24. The van der Waals surface area contributed by atoms with Crippen LogP contribution < -0.4 is 5.32 Å². The van der Waals surface area contributed by atoms with Gasteiger partial charge in [0.15, 0.2) is 5.82 Å². The number of halogens is 2. The third kappa shape index (κ3) is 6.39. The predicted molar refractivity (Wildman–Crippen MR) is 153 cm³/mol. The lowest BCUT2D eigenvalue weighted by Gasteiger charge is -2.28. The van der Waals surface area contributed by atoms with Gasteiger partial charge in [0.25, 0.3) is 0 Å². The maximum absolute atomic E-state index is 14.3. The molecule has 0 unspecified atom stereocenters. The van der Waals surface area contributed by atoms with E-state index in [1.807, 2.05) is 12.1 Å². The summed E-state index contributed by atoms with van der Waals surface area (Å²) in [5, 5.41) is 12.1. The summed E-state index contributed by atoms with van der Waals surface area (Å²) in [5.41, 5.74) is 5.15. The zero-order chi connectivity index (χ0) is 28.1. The SMILES string of the molecule is CNc1ccc(-c2ccc(F)cc2F)nc1N=Cc1ccc(-c2ccc(C3CCC(CC(=O)O)CC3)cc2)nc1. The van der Waals surface area contributed by atoms with E-state index in [2.05, 4.69) is 44.5 Å². The second-order valence-electron chi connectivity index (χ2n) is 10.1. The maximum Gasteiger partial charge on any atom is 0.303 e. The number of nitrogens with one attached hydrogen (secondary N) is 1. The molecule has 2 N–H and O–H groups in total. The summed E-state index contributed by atoms with van der Waals surface area (Å²) in [6, 6.07) is 19.1. The lowest BCUT2D eigenvalue weighted by molar-refractivity contribution is -0.138. The Balaban J connectivity index is 1.26. The molecule has 1 saturated carbocycles. The van der Waals surface area contributed by atoms with Gasteiger partial charge in [-0.3, -0.25) is 9.78 Å². The van der Waals surface area contributed by atoms with Gasteiger partial charge in [0.1, 0.15) is 11.6 Å². The normalized spacial score (nSPS) is 17.2. The van der Waals surface area contributed by atoms with E-state index in [0.717, 1.165) is 48.6 Å². The summed E-state index contributed by atoms with van der Waals surface area (Å²) in [7, 11) is 1.75. The van der Waals surface area contributed by atoms with Crippen LogP contribution in [0.25, 0.3) is 22.5 Å². The van der Waals surface area contributed by atoms with E-state index in [9.17, 15) is 13.6 Å². The van der Waals surface area contributed by atoms with Crippen LogP contribution in [-0.2, 0) is 4.79 Å². The molecule has 1 aliphatic rings. The van der Waals surface area contributed by atoms with Crippen molar-refractivity contribution in [2.45, 2.75) is 38.0 Å². The van der Waals surface area contributed by atoms with Crippen molar-refractivity contribution < 1.29 is 18.7 Å². The van der Waals surface area contributed by atoms with Gasteiger partial charge >= 0.3 is 5.97 Å². The fraction of sp³-hybridized carbons (Fsp3) is 0.250. The molecule has 6 nitrogen and oxygen atoms in total. The molecule has 1 aliphatic carbocycles. The van der Waals surface area contributed by atoms with Gasteiger partial charge in [-0.15, -0.1) is 0 Å². The number of anilines is 1. The Labute approximate surface area is 231 Å². The summed E-state index contributed by atoms with van der Waals surface area (Å²) in [5.74, 6) is -0.891. The first kappa shape index (κ1) is 27.1. The Kier molecular flexibility index (Phi) is 8.24. The fourth-order valence-corrected chi connectivity index (χ4v) is 5.25. The quantitative estimate of drug-likeness (QED) is 0.224. The molecule has 0 atom stereocenters. The molecule has 2 aromatic carbocycles. The molecule has 2 heterocycles. The van der Waals surface area contributed by atoms with Crippen LogP contribution in [0.2, 0.25) is 0 Å². The molecule has 0 bridgehead atoms. The number of hydrogen-bond donors (Lipinski definition) is 2. The van der Waals surface area contributed by atoms with E-state index < -0.39 is 17.6 Å². The average molecular weight is 541 g/mol. The number of carboxylic acid groups (broad SMARTS) is 1. The van der Waals surface area contributed by atoms with Crippen LogP contribution in [0.15, 0.2) is 77.9 Å². The van der Waals surface area contributed by atoms with Crippen molar-refractivity contribution in [1.82, 2.24) is 9.97 Å². The Hall–Kier alpha value is -4.46. The monoisotopic (exact) mass is 540 g/mol. The second kappa shape index (κ2) is 12.2. The number of rotatable bonds is 8. The number of benzene rings is 2. The van der Waals surface area contributed by atoms with Gasteiger partial charge in [0, 0.05) is 48.6 Å². The lowest BCUT2D eigenvalue weighted by atomic mass is 9.77. The highest BCUT2D eigenvalue weighted by Crippen LogP contribution is 2.37. The minimum Gasteiger partial charge on any atom is -0.481 e. The third-order valence-corrected chi connectivity index (χ3v) is 7.46. The van der Waals surface area contributed by atoms with E-state index in [1.54, 1.807) is 31.6 Å². The summed E-state index contributed by atoms with van der Waals surface area (Å²) in [6.07, 6.45) is 7.62. The van der Waals surface area contributed by atoms with Crippen LogP contribution in [0.4, 0.5) is 20.3 Å². The van der Waals surface area contributed by atoms with E-state index >= 15 is 0 Å². The van der Waals surface area contributed by atoms with E-state index in [0.29, 0.717) is 29.0 Å². The number of pyridine rings is 2. The van der Waals surface area contributed by atoms with E-state index in [1.165, 1.54) is 17.7 Å². The molecule has 204 valence electrons. The average Bonchev–Trinajstić information content (AvgIpc) is 2.96. The molecule has 40 heavy (non-hydrogen) atoms. The highest BCUT2D eigenvalue weighted by atomic mass is 19.1. The zero-order valence-electron chi connectivity index (χ0n) is 22.1. The molecule has 0 amide bonds. The van der Waals surface area contributed by atoms with Crippen molar-refractivity contribution in [2.24, 2.45) is 10.9 Å². The summed E-state index contributed by atoms with van der Waals surface area (Å²) in [6.45, 7) is 0.